The fraction of sp³-hybridized carbons (Fsp3) is 0.353. The Labute approximate surface area is 139 Å². The van der Waals surface area contributed by atoms with Gasteiger partial charge in [-0.15, -0.1) is 0 Å². The Morgan fingerprint density at radius 1 is 1.25 bits per heavy atom. The van der Waals surface area contributed by atoms with Gasteiger partial charge in [0.2, 0.25) is 5.91 Å². The van der Waals surface area contributed by atoms with Crippen LogP contribution in [0.2, 0.25) is 0 Å². The molecular formula is C17H19N3O4. The summed E-state index contributed by atoms with van der Waals surface area (Å²) in [5.74, 6) is -0.114. The molecule has 3 rings (SSSR count). The first kappa shape index (κ1) is 16.0. The fourth-order valence-corrected chi connectivity index (χ4v) is 2.77. The summed E-state index contributed by atoms with van der Waals surface area (Å²) in [4.78, 5) is 38.6. The number of carbonyl (C=O) groups excluding carboxylic acids is 3. The number of amides is 2. The lowest BCUT2D eigenvalue weighted by atomic mass is 10.1. The molecule has 0 unspecified atom stereocenters. The van der Waals surface area contributed by atoms with E-state index in [4.69, 9.17) is 4.74 Å². The summed E-state index contributed by atoms with van der Waals surface area (Å²) in [5, 5.41) is 2.71. The minimum absolute atomic E-state index is 0.0450. The lowest BCUT2D eigenvalue weighted by Crippen LogP contribution is -2.45. The minimum atomic E-state index is -0.657. The third kappa shape index (κ3) is 3.10. The number of benzene rings is 1. The molecule has 0 aromatic heterocycles. The van der Waals surface area contributed by atoms with Crippen LogP contribution in [0.1, 0.15) is 13.3 Å². The molecule has 0 bridgehead atoms. The molecule has 0 radical (unpaired) electrons. The molecule has 2 amide bonds. The number of allylic oxidation sites excluding steroid dienone is 1. The van der Waals surface area contributed by atoms with Gasteiger partial charge in [0, 0.05) is 37.1 Å². The molecule has 2 aliphatic rings. The number of hydrogen-bond donors (Lipinski definition) is 1. The number of rotatable bonds is 4. The number of nitrogens with zero attached hydrogens (tertiary/aromatic N) is 2. The van der Waals surface area contributed by atoms with Crippen molar-refractivity contribution in [3.05, 3.63) is 36.5 Å². The van der Waals surface area contributed by atoms with E-state index in [9.17, 15) is 14.4 Å². The second kappa shape index (κ2) is 6.74. The molecule has 1 aromatic carbocycles. The number of ketones is 1. The number of likely N-dealkylation sites (N-methyl/N-ethyl adjacent to an activating group) is 1. The Morgan fingerprint density at radius 3 is 2.58 bits per heavy atom. The molecule has 2 heterocycles. The van der Waals surface area contributed by atoms with Gasteiger partial charge in [-0.1, -0.05) is 0 Å². The van der Waals surface area contributed by atoms with E-state index >= 15 is 0 Å². The highest BCUT2D eigenvalue weighted by Crippen LogP contribution is 2.27. The second-order valence-electron chi connectivity index (χ2n) is 5.60. The van der Waals surface area contributed by atoms with Crippen molar-refractivity contribution in [1.82, 2.24) is 5.32 Å². The molecule has 1 atom stereocenters. The third-order valence-electron chi connectivity index (χ3n) is 4.03. The Hall–Kier alpha value is -2.83. The summed E-state index contributed by atoms with van der Waals surface area (Å²) in [6, 6.07) is 6.61. The van der Waals surface area contributed by atoms with E-state index < -0.39 is 12.1 Å². The molecule has 0 aliphatic carbocycles. The standard InChI is InChI=1S/C17H19N3O4/c1-2-18-16(22)15-11-24-17(23)20(15)13-5-3-12(4-6-13)19-9-7-14(21)8-10-19/h3-7,9,15H,2,8,10-11H2,1H3,(H,18,22)/t15-/m0/s1. The first-order valence-electron chi connectivity index (χ1n) is 7.91. The van der Waals surface area contributed by atoms with Crippen molar-refractivity contribution >= 4 is 29.2 Å². The van der Waals surface area contributed by atoms with Gasteiger partial charge in [0.1, 0.15) is 6.61 Å². The Kier molecular flexibility index (Phi) is 4.50. The molecule has 0 spiro atoms. The highest BCUT2D eigenvalue weighted by molar-refractivity contribution is 6.00. The van der Waals surface area contributed by atoms with E-state index in [1.807, 2.05) is 24.0 Å². The molecule has 1 fully saturated rings. The van der Waals surface area contributed by atoms with E-state index in [2.05, 4.69) is 5.32 Å². The van der Waals surface area contributed by atoms with Crippen LogP contribution in [0.4, 0.5) is 16.2 Å². The van der Waals surface area contributed by atoms with Crippen molar-refractivity contribution in [2.75, 3.05) is 29.5 Å². The van der Waals surface area contributed by atoms with Crippen molar-refractivity contribution < 1.29 is 19.1 Å². The van der Waals surface area contributed by atoms with Crippen molar-refractivity contribution in [2.45, 2.75) is 19.4 Å². The molecule has 7 nitrogen and oxygen atoms in total. The molecule has 0 saturated carbocycles. The molecule has 24 heavy (non-hydrogen) atoms. The van der Waals surface area contributed by atoms with Crippen LogP contribution in [-0.2, 0) is 14.3 Å². The van der Waals surface area contributed by atoms with E-state index in [0.717, 1.165) is 5.69 Å². The van der Waals surface area contributed by atoms with Crippen LogP contribution >= 0.6 is 0 Å². The second-order valence-corrected chi connectivity index (χ2v) is 5.60. The van der Waals surface area contributed by atoms with Gasteiger partial charge in [0.25, 0.3) is 0 Å². The molecule has 1 saturated heterocycles. The van der Waals surface area contributed by atoms with Gasteiger partial charge in [-0.25, -0.2) is 4.79 Å². The molecule has 2 aliphatic heterocycles. The summed E-state index contributed by atoms with van der Waals surface area (Å²) in [6.07, 6.45) is 3.26. The van der Waals surface area contributed by atoms with Gasteiger partial charge in [-0.3, -0.25) is 14.5 Å². The first-order chi connectivity index (χ1) is 11.6. The maximum atomic E-state index is 12.1. The number of carbonyl (C=O) groups is 3. The van der Waals surface area contributed by atoms with Gasteiger partial charge < -0.3 is 15.0 Å². The maximum absolute atomic E-state index is 12.1. The summed E-state index contributed by atoms with van der Waals surface area (Å²) < 4.78 is 5.03. The zero-order valence-electron chi connectivity index (χ0n) is 13.4. The van der Waals surface area contributed by atoms with E-state index in [1.165, 1.54) is 4.90 Å². The Balaban J connectivity index is 1.79. The van der Waals surface area contributed by atoms with Crippen LogP contribution < -0.4 is 15.1 Å². The number of nitrogens with one attached hydrogen (secondary N) is 1. The van der Waals surface area contributed by atoms with Crippen LogP contribution in [0.5, 0.6) is 0 Å². The van der Waals surface area contributed by atoms with Crippen molar-refractivity contribution in [2.24, 2.45) is 0 Å². The lowest BCUT2D eigenvalue weighted by molar-refractivity contribution is -0.122. The van der Waals surface area contributed by atoms with Crippen LogP contribution in [0.15, 0.2) is 36.5 Å². The Morgan fingerprint density at radius 2 is 1.96 bits per heavy atom. The van der Waals surface area contributed by atoms with Crippen LogP contribution in [-0.4, -0.2) is 43.5 Å². The highest BCUT2D eigenvalue weighted by Gasteiger charge is 2.38. The number of ether oxygens (including phenoxy) is 1. The monoisotopic (exact) mass is 329 g/mol. The molecular weight excluding hydrogens is 310 g/mol. The van der Waals surface area contributed by atoms with E-state index in [0.29, 0.717) is 25.2 Å². The van der Waals surface area contributed by atoms with Gasteiger partial charge in [0.05, 0.1) is 0 Å². The van der Waals surface area contributed by atoms with Crippen LogP contribution in [0, 0.1) is 0 Å². The molecule has 126 valence electrons. The first-order valence-corrected chi connectivity index (χ1v) is 7.91. The smallest absolute Gasteiger partial charge is 0.415 e. The SMILES string of the molecule is CCNC(=O)[C@@H]1COC(=O)N1c1ccc(N2C=CC(=O)CC2)cc1. The Bertz CT molecular complexity index is 684. The average molecular weight is 329 g/mol. The molecule has 7 heteroatoms. The van der Waals surface area contributed by atoms with Crippen LogP contribution in [0.25, 0.3) is 0 Å². The predicted molar refractivity (Wildman–Crippen MR) is 88.9 cm³/mol. The van der Waals surface area contributed by atoms with E-state index in [1.54, 1.807) is 24.4 Å². The topological polar surface area (TPSA) is 79.0 Å². The largest absolute Gasteiger partial charge is 0.446 e. The summed E-state index contributed by atoms with van der Waals surface area (Å²) in [6.45, 7) is 2.99. The van der Waals surface area contributed by atoms with Crippen molar-refractivity contribution in [3.8, 4) is 0 Å². The maximum Gasteiger partial charge on any atom is 0.415 e. The highest BCUT2D eigenvalue weighted by atomic mass is 16.6. The zero-order valence-corrected chi connectivity index (χ0v) is 13.4. The van der Waals surface area contributed by atoms with Gasteiger partial charge in [0.15, 0.2) is 11.8 Å². The third-order valence-corrected chi connectivity index (χ3v) is 4.03. The number of hydrogen-bond acceptors (Lipinski definition) is 5. The van der Waals surface area contributed by atoms with Gasteiger partial charge in [-0.2, -0.15) is 0 Å². The van der Waals surface area contributed by atoms with Gasteiger partial charge in [-0.05, 0) is 37.3 Å². The van der Waals surface area contributed by atoms with Crippen LogP contribution in [0.3, 0.4) is 0 Å². The quantitative estimate of drug-likeness (QED) is 0.904. The van der Waals surface area contributed by atoms with E-state index in [-0.39, 0.29) is 18.3 Å². The fourth-order valence-electron chi connectivity index (χ4n) is 2.77. The number of anilines is 2. The lowest BCUT2D eigenvalue weighted by Gasteiger charge is -2.24. The van der Waals surface area contributed by atoms with Crippen molar-refractivity contribution in [3.63, 3.8) is 0 Å². The summed E-state index contributed by atoms with van der Waals surface area (Å²) in [5.41, 5.74) is 1.53. The zero-order chi connectivity index (χ0) is 17.1. The van der Waals surface area contributed by atoms with Crippen molar-refractivity contribution in [1.29, 1.82) is 0 Å². The normalized spacial score (nSPS) is 20.3. The molecule has 1 aromatic rings. The summed E-state index contributed by atoms with van der Waals surface area (Å²) in [7, 11) is 0. The average Bonchev–Trinajstić information content (AvgIpc) is 2.98. The predicted octanol–water partition coefficient (Wildman–Crippen LogP) is 1.44. The summed E-state index contributed by atoms with van der Waals surface area (Å²) >= 11 is 0. The minimum Gasteiger partial charge on any atom is -0.446 e. The molecule has 1 N–H and O–H groups in total. The van der Waals surface area contributed by atoms with Gasteiger partial charge >= 0.3 is 6.09 Å². The number of cyclic esters (lactones) is 1.